The van der Waals surface area contributed by atoms with E-state index < -0.39 is 0 Å². The third-order valence-electron chi connectivity index (χ3n) is 3.35. The van der Waals surface area contributed by atoms with Crippen molar-refractivity contribution in [1.29, 1.82) is 0 Å². The van der Waals surface area contributed by atoms with Gasteiger partial charge in [0.25, 0.3) is 0 Å². The van der Waals surface area contributed by atoms with Crippen LogP contribution in [0.4, 0.5) is 10.8 Å². The van der Waals surface area contributed by atoms with Gasteiger partial charge in [0.1, 0.15) is 5.69 Å². The number of nitrogens with one attached hydrogen (secondary N) is 1. The molecule has 23 heavy (non-hydrogen) atoms. The lowest BCUT2D eigenvalue weighted by atomic mass is 10.3. The highest BCUT2D eigenvalue weighted by Gasteiger charge is 2.14. The van der Waals surface area contributed by atoms with Gasteiger partial charge in [0, 0.05) is 23.5 Å². The molecule has 0 saturated carbocycles. The van der Waals surface area contributed by atoms with E-state index in [9.17, 15) is 0 Å². The molecule has 0 amide bonds. The molecule has 0 aliphatic rings. The van der Waals surface area contributed by atoms with Gasteiger partial charge in [-0.25, -0.2) is 15.0 Å². The highest BCUT2D eigenvalue weighted by atomic mass is 79.9. The Morgan fingerprint density at radius 1 is 1.09 bits per heavy atom. The third-order valence-corrected chi connectivity index (χ3v) is 4.11. The molecule has 1 N–H and O–H groups in total. The van der Waals surface area contributed by atoms with Crippen LogP contribution in [0.1, 0.15) is 5.69 Å². The van der Waals surface area contributed by atoms with E-state index in [4.69, 9.17) is 0 Å². The Hall–Kier alpha value is -2.25. The Labute approximate surface area is 147 Å². The van der Waals surface area contributed by atoms with E-state index in [1.54, 1.807) is 17.5 Å². The minimum Gasteiger partial charge on any atom is -0.332 e. The number of halogens is 1. The fraction of sp³-hybridized carbons (Fsp3) is 0.0625. The number of para-hydroxylation sites is 1. The van der Waals surface area contributed by atoms with Crippen LogP contribution in [0.25, 0.3) is 17.2 Å². The summed E-state index contributed by atoms with van der Waals surface area (Å²) >= 11 is 1.58. The first-order valence-corrected chi connectivity index (χ1v) is 7.77. The Kier molecular flexibility index (Phi) is 4.40. The molecular formula is C16H14BrN5S. The Morgan fingerprint density at radius 2 is 1.91 bits per heavy atom. The summed E-state index contributed by atoms with van der Waals surface area (Å²) in [6, 6.07) is 11.9. The molecule has 0 bridgehead atoms. The largest absolute Gasteiger partial charge is 0.332 e. The number of benzene rings is 1. The molecule has 116 valence electrons. The molecule has 4 rings (SSSR count). The lowest BCUT2D eigenvalue weighted by Gasteiger charge is -2.01. The van der Waals surface area contributed by atoms with Gasteiger partial charge < -0.3 is 5.32 Å². The van der Waals surface area contributed by atoms with Crippen LogP contribution < -0.4 is 5.32 Å². The van der Waals surface area contributed by atoms with Crippen molar-refractivity contribution in [3.05, 3.63) is 59.9 Å². The summed E-state index contributed by atoms with van der Waals surface area (Å²) in [6.45, 7) is 1.98. The fourth-order valence-corrected chi connectivity index (χ4v) is 3.11. The summed E-state index contributed by atoms with van der Waals surface area (Å²) in [6.07, 6.45) is 3.70. The summed E-state index contributed by atoms with van der Waals surface area (Å²) in [7, 11) is 0. The third kappa shape index (κ3) is 2.97. The second kappa shape index (κ2) is 6.47. The van der Waals surface area contributed by atoms with Gasteiger partial charge in [-0.15, -0.1) is 28.3 Å². The second-order valence-corrected chi connectivity index (χ2v) is 5.72. The lowest BCUT2D eigenvalue weighted by Crippen LogP contribution is -1.92. The summed E-state index contributed by atoms with van der Waals surface area (Å²) in [5, 5.41) is 6.21. The molecule has 1 aromatic carbocycles. The SMILES string of the molecule is Br.Cc1nc2ncccn2c1-c1csc(Nc2ccccc2)n1. The van der Waals surface area contributed by atoms with Gasteiger partial charge in [0.05, 0.1) is 11.4 Å². The Bertz CT molecular complexity index is 932. The number of rotatable bonds is 3. The molecule has 7 heteroatoms. The quantitative estimate of drug-likeness (QED) is 0.562. The van der Waals surface area contributed by atoms with Crippen LogP contribution in [0.15, 0.2) is 54.2 Å². The lowest BCUT2D eigenvalue weighted by molar-refractivity contribution is 1.11. The highest BCUT2D eigenvalue weighted by molar-refractivity contribution is 8.93. The normalized spacial score (nSPS) is 10.5. The van der Waals surface area contributed by atoms with Crippen LogP contribution in [0.2, 0.25) is 0 Å². The maximum Gasteiger partial charge on any atom is 0.234 e. The molecule has 0 aliphatic heterocycles. The zero-order valence-corrected chi connectivity index (χ0v) is 14.8. The number of hydrogen-bond acceptors (Lipinski definition) is 5. The number of fused-ring (bicyclic) bond motifs is 1. The number of hydrogen-bond donors (Lipinski definition) is 1. The molecule has 0 saturated heterocycles. The zero-order valence-electron chi connectivity index (χ0n) is 12.3. The van der Waals surface area contributed by atoms with E-state index in [0.717, 1.165) is 27.9 Å². The van der Waals surface area contributed by atoms with Gasteiger partial charge in [-0.3, -0.25) is 4.40 Å². The summed E-state index contributed by atoms with van der Waals surface area (Å²) in [5.74, 6) is 0.695. The smallest absolute Gasteiger partial charge is 0.234 e. The maximum absolute atomic E-state index is 4.68. The summed E-state index contributed by atoms with van der Waals surface area (Å²) in [5.41, 5.74) is 3.84. The molecule has 4 aromatic rings. The van der Waals surface area contributed by atoms with Crippen LogP contribution >= 0.6 is 28.3 Å². The fourth-order valence-electron chi connectivity index (χ4n) is 2.39. The van der Waals surface area contributed by atoms with Crippen LogP contribution in [0, 0.1) is 6.92 Å². The number of thiazole rings is 1. The monoisotopic (exact) mass is 387 g/mol. The van der Waals surface area contributed by atoms with Crippen molar-refractivity contribution in [2.45, 2.75) is 6.92 Å². The Morgan fingerprint density at radius 3 is 2.74 bits per heavy atom. The van der Waals surface area contributed by atoms with Crippen molar-refractivity contribution in [2.75, 3.05) is 5.32 Å². The van der Waals surface area contributed by atoms with Gasteiger partial charge in [0.2, 0.25) is 5.78 Å². The molecule has 0 atom stereocenters. The topological polar surface area (TPSA) is 55.1 Å². The number of aryl methyl sites for hydroxylation is 1. The number of aromatic nitrogens is 4. The number of nitrogens with zero attached hydrogens (tertiary/aromatic N) is 4. The van der Waals surface area contributed by atoms with Gasteiger partial charge in [-0.05, 0) is 25.1 Å². The molecule has 0 fully saturated rings. The molecule has 5 nitrogen and oxygen atoms in total. The Balaban J connectivity index is 0.00000156. The molecule has 0 radical (unpaired) electrons. The maximum atomic E-state index is 4.68. The van der Waals surface area contributed by atoms with Gasteiger partial charge in [-0.2, -0.15) is 0 Å². The summed E-state index contributed by atoms with van der Waals surface area (Å²) in [4.78, 5) is 13.4. The van der Waals surface area contributed by atoms with Crippen molar-refractivity contribution < 1.29 is 0 Å². The van der Waals surface area contributed by atoms with E-state index >= 15 is 0 Å². The first-order chi connectivity index (χ1) is 10.8. The standard InChI is InChI=1S/C16H13N5S.BrH/c1-11-14(21-9-5-8-17-15(21)18-11)13-10-22-16(20-13)19-12-6-3-2-4-7-12;/h2-10H,1H3,(H,19,20);1H. The first kappa shape index (κ1) is 15.6. The molecular weight excluding hydrogens is 374 g/mol. The predicted octanol–water partition coefficient (Wildman–Crippen LogP) is 4.48. The average molecular weight is 388 g/mol. The van der Waals surface area contributed by atoms with E-state index in [2.05, 4.69) is 20.3 Å². The van der Waals surface area contributed by atoms with Gasteiger partial charge >= 0.3 is 0 Å². The first-order valence-electron chi connectivity index (χ1n) is 6.89. The predicted molar refractivity (Wildman–Crippen MR) is 98.9 cm³/mol. The van der Waals surface area contributed by atoms with Crippen molar-refractivity contribution in [3.63, 3.8) is 0 Å². The minimum absolute atomic E-state index is 0. The van der Waals surface area contributed by atoms with Gasteiger partial charge in [-0.1, -0.05) is 18.2 Å². The molecule has 0 spiro atoms. The van der Waals surface area contributed by atoms with Crippen LogP contribution in [-0.4, -0.2) is 19.4 Å². The molecule has 3 aromatic heterocycles. The number of anilines is 2. The van der Waals surface area contributed by atoms with Crippen molar-refractivity contribution >= 4 is 44.9 Å². The summed E-state index contributed by atoms with van der Waals surface area (Å²) < 4.78 is 1.97. The van der Waals surface area contributed by atoms with Crippen LogP contribution in [-0.2, 0) is 0 Å². The minimum atomic E-state index is 0. The molecule has 0 aliphatic carbocycles. The van der Waals surface area contributed by atoms with Crippen LogP contribution in [0.3, 0.4) is 0 Å². The molecule has 0 unspecified atom stereocenters. The van der Waals surface area contributed by atoms with Crippen molar-refractivity contribution in [3.8, 4) is 11.4 Å². The second-order valence-electron chi connectivity index (χ2n) is 4.86. The van der Waals surface area contributed by atoms with Crippen molar-refractivity contribution in [1.82, 2.24) is 19.4 Å². The van der Waals surface area contributed by atoms with E-state index in [1.807, 2.05) is 59.3 Å². The van der Waals surface area contributed by atoms with Crippen LogP contribution in [0.5, 0.6) is 0 Å². The van der Waals surface area contributed by atoms with Crippen molar-refractivity contribution in [2.24, 2.45) is 0 Å². The number of imidazole rings is 1. The molecule has 3 heterocycles. The van der Waals surface area contributed by atoms with E-state index in [1.165, 1.54) is 0 Å². The average Bonchev–Trinajstić information content (AvgIpc) is 3.11. The van der Waals surface area contributed by atoms with E-state index in [0.29, 0.717) is 5.78 Å². The van der Waals surface area contributed by atoms with Gasteiger partial charge in [0.15, 0.2) is 5.13 Å². The highest BCUT2D eigenvalue weighted by Crippen LogP contribution is 2.29. The zero-order chi connectivity index (χ0) is 14.9. The van der Waals surface area contributed by atoms with E-state index in [-0.39, 0.29) is 17.0 Å².